The quantitative estimate of drug-likeness (QED) is 0.147. The number of rotatable bonds is 8. The second-order valence-electron chi connectivity index (χ2n) is 19.2. The summed E-state index contributed by atoms with van der Waals surface area (Å²) < 4.78 is 0. The molecule has 0 heterocycles. The van der Waals surface area contributed by atoms with E-state index in [2.05, 4.69) is 269 Å². The van der Waals surface area contributed by atoms with E-state index in [9.17, 15) is 0 Å². The molecule has 0 unspecified atom stereocenters. The summed E-state index contributed by atoms with van der Waals surface area (Å²) in [7, 11) is 0. The van der Waals surface area contributed by atoms with Gasteiger partial charge < -0.3 is 4.90 Å². The van der Waals surface area contributed by atoms with E-state index in [-0.39, 0.29) is 10.8 Å². The van der Waals surface area contributed by atoms with Crippen LogP contribution in [0.4, 0.5) is 17.1 Å². The highest BCUT2D eigenvalue weighted by Gasteiger charge is 2.38. The highest BCUT2D eigenvalue weighted by atomic mass is 15.1. The second kappa shape index (κ2) is 15.9. The summed E-state index contributed by atoms with van der Waals surface area (Å²) >= 11 is 0. The first-order valence-electron chi connectivity index (χ1n) is 23.6. The Bertz CT molecular complexity index is 3530. The molecule has 0 atom stereocenters. The van der Waals surface area contributed by atoms with Crippen LogP contribution in [0.5, 0.6) is 0 Å². The first kappa shape index (κ1) is 40.5. The number of benzene rings is 10. The summed E-state index contributed by atoms with van der Waals surface area (Å²) in [5.74, 6) is 0. The van der Waals surface area contributed by atoms with Crippen molar-refractivity contribution in [2.45, 2.75) is 38.5 Å². The molecule has 0 radical (unpaired) electrons. The zero-order valence-corrected chi connectivity index (χ0v) is 38.5. The summed E-state index contributed by atoms with van der Waals surface area (Å²) in [5.41, 5.74) is 25.9. The molecule has 1 heteroatoms. The number of anilines is 3. The molecule has 2 aliphatic carbocycles. The van der Waals surface area contributed by atoms with Crippen molar-refractivity contribution in [1.29, 1.82) is 0 Å². The third-order valence-corrected chi connectivity index (χ3v) is 14.7. The average molecular weight is 858 g/mol. The van der Waals surface area contributed by atoms with Gasteiger partial charge in [0.05, 0.1) is 11.4 Å². The lowest BCUT2D eigenvalue weighted by molar-refractivity contribution is 0.660. The Morgan fingerprint density at radius 2 is 0.672 bits per heavy atom. The van der Waals surface area contributed by atoms with E-state index in [1.807, 2.05) is 0 Å². The van der Waals surface area contributed by atoms with Gasteiger partial charge in [-0.2, -0.15) is 0 Å². The molecular formula is C66H51N. The van der Waals surface area contributed by atoms with E-state index in [0.717, 1.165) is 22.6 Å². The third kappa shape index (κ3) is 6.52. The molecule has 10 aromatic carbocycles. The molecule has 0 amide bonds. The topological polar surface area (TPSA) is 3.24 Å². The van der Waals surface area contributed by atoms with E-state index in [0.29, 0.717) is 0 Å². The molecule has 0 bridgehead atoms. The summed E-state index contributed by atoms with van der Waals surface area (Å²) in [5, 5.41) is 0. The Labute approximate surface area is 395 Å². The van der Waals surface area contributed by atoms with E-state index in [1.54, 1.807) is 0 Å². The standard InChI is InChI=1S/C66H51N/c1-65(2)59-36-17-13-33-57(59)64-56(34-21-37-60(64)65)55-32-15-19-39-63(55)67(47-25-20-24-45(42-47)46-40-41-53-52-30-12-16-35-58(52)66(3,4)61(53)43-46)62-38-18-14-31-54(62)51-29-11-10-28-50(51)49-27-9-8-26-48(49)44-22-6-5-7-23-44/h5-43H,1-4H3. The highest BCUT2D eigenvalue weighted by molar-refractivity contribution is 6.02. The van der Waals surface area contributed by atoms with Crippen LogP contribution in [0.15, 0.2) is 237 Å². The Hall–Kier alpha value is -8.00. The summed E-state index contributed by atoms with van der Waals surface area (Å²) in [6.45, 7) is 9.47. The predicted octanol–water partition coefficient (Wildman–Crippen LogP) is 18.1. The zero-order valence-electron chi connectivity index (χ0n) is 38.5. The van der Waals surface area contributed by atoms with Crippen LogP contribution in [-0.2, 0) is 10.8 Å². The monoisotopic (exact) mass is 857 g/mol. The van der Waals surface area contributed by atoms with Gasteiger partial charge in [0.1, 0.15) is 0 Å². The molecule has 10 aromatic rings. The number of para-hydroxylation sites is 2. The van der Waals surface area contributed by atoms with Crippen LogP contribution in [0.25, 0.3) is 77.9 Å². The molecule has 0 aliphatic heterocycles. The molecule has 320 valence electrons. The molecule has 1 nitrogen and oxygen atoms in total. The van der Waals surface area contributed by atoms with E-state index in [4.69, 9.17) is 0 Å². The minimum Gasteiger partial charge on any atom is -0.309 e. The largest absolute Gasteiger partial charge is 0.309 e. The average Bonchev–Trinajstić information content (AvgIpc) is 3.76. The maximum absolute atomic E-state index is 2.52. The van der Waals surface area contributed by atoms with Crippen molar-refractivity contribution in [3.8, 4) is 77.9 Å². The van der Waals surface area contributed by atoms with Crippen LogP contribution in [0, 0.1) is 0 Å². The third-order valence-electron chi connectivity index (χ3n) is 14.7. The van der Waals surface area contributed by atoms with Gasteiger partial charge in [0.25, 0.3) is 0 Å². The summed E-state index contributed by atoms with van der Waals surface area (Å²) in [6.07, 6.45) is 0. The Morgan fingerprint density at radius 1 is 0.254 bits per heavy atom. The van der Waals surface area contributed by atoms with Gasteiger partial charge in [-0.05, 0) is 119 Å². The van der Waals surface area contributed by atoms with Gasteiger partial charge in [-0.15, -0.1) is 0 Å². The van der Waals surface area contributed by atoms with Crippen molar-refractivity contribution < 1.29 is 0 Å². The van der Waals surface area contributed by atoms with Gasteiger partial charge in [0, 0.05) is 27.6 Å². The zero-order chi connectivity index (χ0) is 45.3. The van der Waals surface area contributed by atoms with Crippen LogP contribution in [0.2, 0.25) is 0 Å². The molecule has 0 aromatic heterocycles. The van der Waals surface area contributed by atoms with Crippen molar-refractivity contribution in [2.75, 3.05) is 4.90 Å². The first-order chi connectivity index (χ1) is 32.8. The minimum absolute atomic E-state index is 0.0981. The van der Waals surface area contributed by atoms with Gasteiger partial charge in [-0.1, -0.05) is 234 Å². The van der Waals surface area contributed by atoms with Crippen molar-refractivity contribution >= 4 is 17.1 Å². The Kier molecular flexibility index (Phi) is 9.59. The first-order valence-corrected chi connectivity index (χ1v) is 23.6. The molecule has 12 rings (SSSR count). The van der Waals surface area contributed by atoms with Crippen molar-refractivity contribution in [3.05, 3.63) is 259 Å². The van der Waals surface area contributed by atoms with Crippen molar-refractivity contribution in [1.82, 2.24) is 0 Å². The van der Waals surface area contributed by atoms with Crippen molar-refractivity contribution in [3.63, 3.8) is 0 Å². The fourth-order valence-corrected chi connectivity index (χ4v) is 11.4. The summed E-state index contributed by atoms with van der Waals surface area (Å²) in [6, 6.07) is 87.6. The molecular weight excluding hydrogens is 807 g/mol. The number of hydrogen-bond acceptors (Lipinski definition) is 1. The molecule has 0 fully saturated rings. The lowest BCUT2D eigenvalue weighted by Crippen LogP contribution is -2.15. The minimum atomic E-state index is -0.122. The van der Waals surface area contributed by atoms with E-state index >= 15 is 0 Å². The molecule has 0 saturated carbocycles. The number of hydrogen-bond donors (Lipinski definition) is 0. The van der Waals surface area contributed by atoms with E-state index < -0.39 is 0 Å². The predicted molar refractivity (Wildman–Crippen MR) is 283 cm³/mol. The maximum Gasteiger partial charge on any atom is 0.0540 e. The van der Waals surface area contributed by atoms with Crippen LogP contribution in [-0.4, -0.2) is 0 Å². The number of fused-ring (bicyclic) bond motifs is 6. The maximum atomic E-state index is 2.52. The van der Waals surface area contributed by atoms with Crippen LogP contribution < -0.4 is 4.90 Å². The Morgan fingerprint density at radius 3 is 1.36 bits per heavy atom. The van der Waals surface area contributed by atoms with Gasteiger partial charge in [0.15, 0.2) is 0 Å². The van der Waals surface area contributed by atoms with Gasteiger partial charge in [-0.25, -0.2) is 0 Å². The fourth-order valence-electron chi connectivity index (χ4n) is 11.4. The molecule has 67 heavy (non-hydrogen) atoms. The SMILES string of the molecule is CC1(C)c2ccccc2-c2ccc(-c3cccc(N(c4ccccc4-c4ccccc4-c4ccccc4-c4ccccc4)c4ccccc4-c4cccc5c4-c4ccccc4C5(C)C)c3)cc21. The van der Waals surface area contributed by atoms with Crippen LogP contribution in [0.1, 0.15) is 49.9 Å². The fraction of sp³-hybridized carbons (Fsp3) is 0.0909. The normalized spacial score (nSPS) is 13.6. The van der Waals surface area contributed by atoms with Gasteiger partial charge >= 0.3 is 0 Å². The lowest BCUT2D eigenvalue weighted by atomic mass is 9.81. The van der Waals surface area contributed by atoms with E-state index in [1.165, 1.54) is 94.6 Å². The van der Waals surface area contributed by atoms with Gasteiger partial charge in [-0.3, -0.25) is 0 Å². The molecule has 0 spiro atoms. The van der Waals surface area contributed by atoms with Crippen LogP contribution >= 0.6 is 0 Å². The second-order valence-corrected chi connectivity index (χ2v) is 19.2. The highest BCUT2D eigenvalue weighted by Crippen LogP contribution is 2.55. The van der Waals surface area contributed by atoms with Crippen LogP contribution in [0.3, 0.4) is 0 Å². The van der Waals surface area contributed by atoms with Crippen molar-refractivity contribution in [2.24, 2.45) is 0 Å². The molecule has 2 aliphatic rings. The van der Waals surface area contributed by atoms with Gasteiger partial charge in [0.2, 0.25) is 0 Å². The number of nitrogens with zero attached hydrogens (tertiary/aromatic N) is 1. The molecule has 0 saturated heterocycles. The lowest BCUT2D eigenvalue weighted by Gasteiger charge is -2.31. The molecule has 0 N–H and O–H groups in total. The summed E-state index contributed by atoms with van der Waals surface area (Å²) in [4.78, 5) is 2.52. The Balaban J connectivity index is 1.08. The smallest absolute Gasteiger partial charge is 0.0540 e.